The van der Waals surface area contributed by atoms with E-state index in [1.54, 1.807) is 35.7 Å². The van der Waals surface area contributed by atoms with Crippen LogP contribution in [-0.4, -0.2) is 39.6 Å². The van der Waals surface area contributed by atoms with Crippen LogP contribution in [0.25, 0.3) is 5.69 Å². The Hall–Kier alpha value is -3.43. The van der Waals surface area contributed by atoms with Gasteiger partial charge in [-0.25, -0.2) is 4.39 Å². The first kappa shape index (κ1) is 22.8. The van der Waals surface area contributed by atoms with Gasteiger partial charge < -0.3 is 14.8 Å². The van der Waals surface area contributed by atoms with Gasteiger partial charge in [0.05, 0.1) is 12.8 Å². The van der Waals surface area contributed by atoms with Crippen molar-refractivity contribution in [3.63, 3.8) is 0 Å². The van der Waals surface area contributed by atoms with Gasteiger partial charge in [0, 0.05) is 24.4 Å². The summed E-state index contributed by atoms with van der Waals surface area (Å²) >= 11 is 1.58. The Kier molecular flexibility index (Phi) is 7.89. The van der Waals surface area contributed by atoms with E-state index in [4.69, 9.17) is 9.47 Å². The third kappa shape index (κ3) is 6.09. The highest BCUT2D eigenvalue weighted by molar-refractivity contribution is 7.99. The summed E-state index contributed by atoms with van der Waals surface area (Å²) in [6.45, 7) is 1.69. The molecule has 0 spiro atoms. The minimum Gasteiger partial charge on any atom is -0.493 e. The lowest BCUT2D eigenvalue weighted by Gasteiger charge is -2.15. The highest BCUT2D eigenvalue weighted by atomic mass is 32.2. The molecule has 1 aromatic heterocycles. The van der Waals surface area contributed by atoms with Crippen molar-refractivity contribution < 1.29 is 13.9 Å². The topological polar surface area (TPSA) is 74.1 Å². The van der Waals surface area contributed by atoms with Crippen LogP contribution >= 0.6 is 11.8 Å². The van der Waals surface area contributed by atoms with E-state index in [0.29, 0.717) is 24.7 Å². The van der Waals surface area contributed by atoms with Crippen molar-refractivity contribution in [2.24, 2.45) is 0 Å². The molecule has 1 heterocycles. The van der Waals surface area contributed by atoms with Crippen molar-refractivity contribution in [2.75, 3.05) is 19.4 Å². The Morgan fingerprint density at radius 2 is 1.82 bits per heavy atom. The first-order valence-electron chi connectivity index (χ1n) is 10.4. The number of ether oxygens (including phenoxy) is 2. The number of tetrazole rings is 1. The second kappa shape index (κ2) is 11.4. The minimum absolute atomic E-state index is 0.267. The Morgan fingerprint density at radius 1 is 1.00 bits per heavy atom. The van der Waals surface area contributed by atoms with E-state index in [-0.39, 0.29) is 5.82 Å². The minimum atomic E-state index is -0.267. The summed E-state index contributed by atoms with van der Waals surface area (Å²) in [5.74, 6) is 1.87. The van der Waals surface area contributed by atoms with Crippen molar-refractivity contribution in [2.45, 2.75) is 18.3 Å². The number of hydrogen-bond donors (Lipinski definition) is 1. The highest BCUT2D eigenvalue weighted by Crippen LogP contribution is 2.32. The highest BCUT2D eigenvalue weighted by Gasteiger charge is 2.12. The van der Waals surface area contributed by atoms with Crippen LogP contribution in [0.4, 0.5) is 4.39 Å². The van der Waals surface area contributed by atoms with E-state index in [1.165, 1.54) is 12.1 Å². The van der Waals surface area contributed by atoms with E-state index in [9.17, 15) is 4.39 Å². The zero-order valence-electron chi connectivity index (χ0n) is 18.1. The van der Waals surface area contributed by atoms with Crippen LogP contribution in [0.15, 0.2) is 78.0 Å². The van der Waals surface area contributed by atoms with Crippen molar-refractivity contribution >= 4 is 11.8 Å². The van der Waals surface area contributed by atoms with Gasteiger partial charge in [-0.2, -0.15) is 4.68 Å². The molecule has 9 heteroatoms. The number of nitrogens with one attached hydrogen (secondary N) is 1. The molecule has 33 heavy (non-hydrogen) atoms. The van der Waals surface area contributed by atoms with Gasteiger partial charge in [-0.05, 0) is 46.3 Å². The lowest BCUT2D eigenvalue weighted by atomic mass is 10.1. The standard InChI is InChI=1S/C24H24FN5O2S/c1-31-22-9-5-6-19(23(22)32-17-18-10-12-20(25)13-11-18)16-26-14-15-33-24-27-28-29-30(24)21-7-3-2-4-8-21/h2-13,26H,14-17H2,1H3. The molecule has 0 bridgehead atoms. The average Bonchev–Trinajstić information content (AvgIpc) is 3.33. The molecule has 0 atom stereocenters. The number of aromatic nitrogens is 4. The largest absolute Gasteiger partial charge is 0.493 e. The van der Waals surface area contributed by atoms with Gasteiger partial charge in [0.1, 0.15) is 12.4 Å². The van der Waals surface area contributed by atoms with Gasteiger partial charge in [-0.1, -0.05) is 54.2 Å². The number of para-hydroxylation sites is 2. The fourth-order valence-corrected chi connectivity index (χ4v) is 3.99. The number of hydrogen-bond acceptors (Lipinski definition) is 7. The number of rotatable bonds is 11. The summed E-state index contributed by atoms with van der Waals surface area (Å²) in [5, 5.41) is 16.2. The lowest BCUT2D eigenvalue weighted by molar-refractivity contribution is 0.280. The smallest absolute Gasteiger partial charge is 0.214 e. The molecule has 0 aliphatic carbocycles. The molecular weight excluding hydrogens is 441 g/mol. The summed E-state index contributed by atoms with van der Waals surface area (Å²) in [6.07, 6.45) is 0. The van der Waals surface area contributed by atoms with Crippen molar-refractivity contribution in [1.29, 1.82) is 0 Å². The van der Waals surface area contributed by atoms with Crippen LogP contribution in [0.1, 0.15) is 11.1 Å². The number of halogens is 1. The van der Waals surface area contributed by atoms with Crippen molar-refractivity contribution in [1.82, 2.24) is 25.5 Å². The molecule has 1 N–H and O–H groups in total. The summed E-state index contributed by atoms with van der Waals surface area (Å²) in [6, 6.07) is 21.9. The first-order chi connectivity index (χ1) is 16.2. The molecular formula is C24H24FN5O2S. The summed E-state index contributed by atoms with van der Waals surface area (Å²) in [7, 11) is 1.62. The van der Waals surface area contributed by atoms with Crippen LogP contribution in [0.3, 0.4) is 0 Å². The fourth-order valence-electron chi connectivity index (χ4n) is 3.20. The Labute approximate surface area is 195 Å². The van der Waals surface area contributed by atoms with E-state index < -0.39 is 0 Å². The van der Waals surface area contributed by atoms with Gasteiger partial charge in [0.25, 0.3) is 0 Å². The second-order valence-corrected chi connectivity index (χ2v) is 8.16. The van der Waals surface area contributed by atoms with Crippen molar-refractivity contribution in [3.8, 4) is 17.2 Å². The Morgan fingerprint density at radius 3 is 2.61 bits per heavy atom. The maximum atomic E-state index is 13.2. The maximum Gasteiger partial charge on any atom is 0.214 e. The van der Waals surface area contributed by atoms with Crippen LogP contribution < -0.4 is 14.8 Å². The quantitative estimate of drug-likeness (QED) is 0.262. The molecule has 0 saturated heterocycles. The lowest BCUT2D eigenvalue weighted by Crippen LogP contribution is -2.17. The molecule has 0 saturated carbocycles. The number of benzene rings is 3. The first-order valence-corrected chi connectivity index (χ1v) is 11.4. The molecule has 0 aliphatic heterocycles. The number of nitrogens with zero attached hydrogens (tertiary/aromatic N) is 4. The number of methoxy groups -OCH3 is 1. The second-order valence-electron chi connectivity index (χ2n) is 7.10. The summed E-state index contributed by atoms with van der Waals surface area (Å²) < 4.78 is 26.4. The molecule has 0 fully saturated rings. The molecule has 170 valence electrons. The predicted octanol–water partition coefficient (Wildman–Crippen LogP) is 4.27. The molecule has 4 aromatic rings. The van der Waals surface area contributed by atoms with Gasteiger partial charge in [-0.15, -0.1) is 5.10 Å². The monoisotopic (exact) mass is 465 g/mol. The molecule has 0 aliphatic rings. The third-order valence-electron chi connectivity index (χ3n) is 4.84. The summed E-state index contributed by atoms with van der Waals surface area (Å²) in [5.41, 5.74) is 2.79. The van der Waals surface area contributed by atoms with Gasteiger partial charge >= 0.3 is 0 Å². The predicted molar refractivity (Wildman–Crippen MR) is 125 cm³/mol. The SMILES string of the molecule is COc1cccc(CNCCSc2nnnn2-c2ccccc2)c1OCc1ccc(F)cc1. The van der Waals surface area contributed by atoms with Crippen LogP contribution in [0.5, 0.6) is 11.5 Å². The molecule has 4 rings (SSSR count). The van der Waals surface area contributed by atoms with Gasteiger partial charge in [-0.3, -0.25) is 0 Å². The van der Waals surface area contributed by atoms with E-state index in [1.807, 2.05) is 48.5 Å². The van der Waals surface area contributed by atoms with Gasteiger partial charge in [0.15, 0.2) is 11.5 Å². The molecule has 0 unspecified atom stereocenters. The maximum absolute atomic E-state index is 13.2. The van der Waals surface area contributed by atoms with Crippen LogP contribution in [-0.2, 0) is 13.2 Å². The third-order valence-corrected chi connectivity index (χ3v) is 5.76. The van der Waals surface area contributed by atoms with Crippen LogP contribution in [0.2, 0.25) is 0 Å². The van der Waals surface area contributed by atoms with E-state index >= 15 is 0 Å². The molecule has 7 nitrogen and oxygen atoms in total. The normalized spacial score (nSPS) is 10.8. The Bertz CT molecular complexity index is 1160. The summed E-state index contributed by atoms with van der Waals surface area (Å²) in [4.78, 5) is 0. The molecule has 0 radical (unpaired) electrons. The molecule has 0 amide bonds. The average molecular weight is 466 g/mol. The zero-order valence-corrected chi connectivity index (χ0v) is 19.0. The zero-order chi connectivity index (χ0) is 22.9. The fraction of sp³-hybridized carbons (Fsp3) is 0.208. The van der Waals surface area contributed by atoms with E-state index in [0.717, 1.165) is 34.3 Å². The number of thioether (sulfide) groups is 1. The van der Waals surface area contributed by atoms with Crippen molar-refractivity contribution in [3.05, 3.63) is 89.7 Å². The van der Waals surface area contributed by atoms with E-state index in [2.05, 4.69) is 20.8 Å². The van der Waals surface area contributed by atoms with Gasteiger partial charge in [0.2, 0.25) is 5.16 Å². The Balaban J connectivity index is 1.31. The van der Waals surface area contributed by atoms with Crippen LogP contribution in [0, 0.1) is 5.82 Å². The molecule has 3 aromatic carbocycles.